The third-order valence-electron chi connectivity index (χ3n) is 6.56. The minimum Gasteiger partial charge on any atom is -0.449 e. The van der Waals surface area contributed by atoms with Gasteiger partial charge in [-0.2, -0.15) is 0 Å². The minimum absolute atomic E-state index is 0.179. The molecule has 0 aromatic heterocycles. The van der Waals surface area contributed by atoms with E-state index in [4.69, 9.17) is 10.5 Å². The summed E-state index contributed by atoms with van der Waals surface area (Å²) in [6.07, 6.45) is 3.68. The van der Waals surface area contributed by atoms with Crippen molar-refractivity contribution in [2.24, 2.45) is 11.7 Å². The first-order valence-electron chi connectivity index (χ1n) is 12.9. The largest absolute Gasteiger partial charge is 0.449 e. The molecular formula is C29H38N4O4. The molecule has 0 heterocycles. The Kier molecular flexibility index (Phi) is 9.33. The molecule has 2 aromatic carbocycles. The number of primary amides is 1. The van der Waals surface area contributed by atoms with E-state index in [0.717, 1.165) is 35.5 Å². The molecule has 0 fully saturated rings. The number of nitrogens with two attached hydrogens (primary N) is 1. The van der Waals surface area contributed by atoms with Gasteiger partial charge in [-0.05, 0) is 79.6 Å². The van der Waals surface area contributed by atoms with Crippen molar-refractivity contribution >= 4 is 35.4 Å². The number of benzene rings is 2. The molecule has 198 valence electrons. The Balaban J connectivity index is 1.84. The second-order valence-corrected chi connectivity index (χ2v) is 9.81. The van der Waals surface area contributed by atoms with Crippen LogP contribution in [0.5, 0.6) is 0 Å². The number of nitrogens with zero attached hydrogens (tertiary/aromatic N) is 1. The normalized spacial score (nSPS) is 16.8. The van der Waals surface area contributed by atoms with Crippen molar-refractivity contribution in [3.05, 3.63) is 65.2 Å². The second-order valence-electron chi connectivity index (χ2n) is 9.81. The second kappa shape index (κ2) is 12.4. The van der Waals surface area contributed by atoms with Crippen LogP contribution in [0.3, 0.4) is 0 Å². The van der Waals surface area contributed by atoms with Crippen LogP contribution in [0.25, 0.3) is 6.08 Å². The first-order chi connectivity index (χ1) is 17.7. The third kappa shape index (κ3) is 7.35. The Bertz CT molecular complexity index is 1140. The first kappa shape index (κ1) is 27.8. The smallest absolute Gasteiger partial charge is 0.408 e. The van der Waals surface area contributed by atoms with Gasteiger partial charge in [-0.3, -0.25) is 9.59 Å². The zero-order chi connectivity index (χ0) is 27.0. The molecule has 4 N–H and O–H groups in total. The number of hydrogen-bond donors (Lipinski definition) is 3. The summed E-state index contributed by atoms with van der Waals surface area (Å²) < 4.78 is 5.37. The van der Waals surface area contributed by atoms with Crippen LogP contribution in [0.2, 0.25) is 0 Å². The van der Waals surface area contributed by atoms with Crippen LogP contribution in [0, 0.1) is 5.92 Å². The summed E-state index contributed by atoms with van der Waals surface area (Å²) in [5.74, 6) is -0.616. The predicted octanol–water partition coefficient (Wildman–Crippen LogP) is 4.28. The monoisotopic (exact) mass is 506 g/mol. The van der Waals surface area contributed by atoms with Gasteiger partial charge >= 0.3 is 6.09 Å². The summed E-state index contributed by atoms with van der Waals surface area (Å²) in [6.45, 7) is 10.2. The van der Waals surface area contributed by atoms with Crippen molar-refractivity contribution in [3.8, 4) is 0 Å². The van der Waals surface area contributed by atoms with Gasteiger partial charge in [0.2, 0.25) is 5.91 Å². The van der Waals surface area contributed by atoms with Crippen LogP contribution in [0.1, 0.15) is 50.8 Å². The van der Waals surface area contributed by atoms with Gasteiger partial charge in [0.15, 0.2) is 0 Å². The topological polar surface area (TPSA) is 114 Å². The molecule has 0 unspecified atom stereocenters. The summed E-state index contributed by atoms with van der Waals surface area (Å²) in [5, 5.41) is 5.90. The average molecular weight is 507 g/mol. The molecule has 0 saturated heterocycles. The van der Waals surface area contributed by atoms with Gasteiger partial charge in [-0.25, -0.2) is 4.79 Å². The maximum Gasteiger partial charge on any atom is 0.408 e. The maximum absolute atomic E-state index is 13.7. The lowest BCUT2D eigenvalue weighted by Crippen LogP contribution is -2.60. The minimum atomic E-state index is -1.16. The number of nitrogens with one attached hydrogen (secondary N) is 2. The summed E-state index contributed by atoms with van der Waals surface area (Å²) in [5.41, 5.74) is 8.67. The molecule has 0 aliphatic heterocycles. The lowest BCUT2D eigenvalue weighted by atomic mass is 9.76. The summed E-state index contributed by atoms with van der Waals surface area (Å²) in [4.78, 5) is 39.7. The molecule has 8 nitrogen and oxygen atoms in total. The van der Waals surface area contributed by atoms with E-state index in [1.807, 2.05) is 56.3 Å². The molecule has 3 rings (SSSR count). The fourth-order valence-corrected chi connectivity index (χ4v) is 4.52. The number of rotatable bonds is 10. The fraction of sp³-hybridized carbons (Fsp3) is 0.414. The first-order valence-corrected chi connectivity index (χ1v) is 12.9. The van der Waals surface area contributed by atoms with Crippen molar-refractivity contribution < 1.29 is 19.1 Å². The standard InChI is InChI=1S/C29H38N4O4/c1-5-33(6-2)25-12-10-24(11-13-25)31-27(35)29(32-28(36)37-19-20(3)4)16-15-22-17-21(8-14-26(30)34)7-9-23(22)18-29/h7-14,17,20H,5-6,15-16,18-19H2,1-4H3,(H2,30,34)(H,31,35)(H,32,36)/t29-/m0/s1. The molecule has 0 saturated carbocycles. The van der Waals surface area contributed by atoms with Crippen LogP contribution in [-0.2, 0) is 27.2 Å². The maximum atomic E-state index is 13.7. The van der Waals surface area contributed by atoms with Gasteiger partial charge in [0, 0.05) is 37.0 Å². The summed E-state index contributed by atoms with van der Waals surface area (Å²) in [7, 11) is 0. The van der Waals surface area contributed by atoms with Crippen LogP contribution >= 0.6 is 0 Å². The Hall–Kier alpha value is -3.81. The van der Waals surface area contributed by atoms with E-state index in [1.165, 1.54) is 6.08 Å². The number of amides is 3. The Morgan fingerprint density at radius 3 is 2.41 bits per heavy atom. The van der Waals surface area contributed by atoms with E-state index in [1.54, 1.807) is 6.08 Å². The van der Waals surface area contributed by atoms with Crippen molar-refractivity contribution in [1.82, 2.24) is 5.32 Å². The van der Waals surface area contributed by atoms with Crippen LogP contribution in [0.4, 0.5) is 16.2 Å². The van der Waals surface area contributed by atoms with E-state index < -0.39 is 17.5 Å². The Labute approximate surface area is 219 Å². The Morgan fingerprint density at radius 2 is 1.78 bits per heavy atom. The number of carbonyl (C=O) groups excluding carboxylic acids is 3. The van der Waals surface area contributed by atoms with Gasteiger partial charge in [0.25, 0.3) is 5.91 Å². The van der Waals surface area contributed by atoms with Crippen molar-refractivity contribution in [1.29, 1.82) is 0 Å². The van der Waals surface area contributed by atoms with E-state index in [0.29, 0.717) is 24.9 Å². The molecule has 0 bridgehead atoms. The zero-order valence-electron chi connectivity index (χ0n) is 22.2. The third-order valence-corrected chi connectivity index (χ3v) is 6.56. The number of fused-ring (bicyclic) bond motifs is 1. The quantitative estimate of drug-likeness (QED) is 0.416. The fourth-order valence-electron chi connectivity index (χ4n) is 4.52. The molecule has 1 aliphatic rings. The van der Waals surface area contributed by atoms with Gasteiger partial charge in [-0.15, -0.1) is 0 Å². The number of alkyl carbamates (subject to hydrolysis) is 1. The lowest BCUT2D eigenvalue weighted by Gasteiger charge is -2.37. The van der Waals surface area contributed by atoms with E-state index in [9.17, 15) is 14.4 Å². The van der Waals surface area contributed by atoms with Gasteiger partial charge in [0.05, 0.1) is 6.61 Å². The Morgan fingerprint density at radius 1 is 1.08 bits per heavy atom. The molecule has 3 amide bonds. The highest BCUT2D eigenvalue weighted by molar-refractivity contribution is 6.00. The van der Waals surface area contributed by atoms with E-state index >= 15 is 0 Å². The molecule has 0 spiro atoms. The highest BCUT2D eigenvalue weighted by Crippen LogP contribution is 2.32. The molecule has 1 atom stereocenters. The van der Waals surface area contributed by atoms with Crippen molar-refractivity contribution in [3.63, 3.8) is 0 Å². The number of aryl methyl sites for hydroxylation is 1. The molecule has 0 radical (unpaired) electrons. The molecule has 37 heavy (non-hydrogen) atoms. The van der Waals surface area contributed by atoms with Gasteiger partial charge in [-0.1, -0.05) is 32.0 Å². The number of anilines is 2. The van der Waals surface area contributed by atoms with E-state index in [2.05, 4.69) is 29.4 Å². The number of carbonyl (C=O) groups is 3. The molecule has 8 heteroatoms. The lowest BCUT2D eigenvalue weighted by molar-refractivity contribution is -0.122. The van der Waals surface area contributed by atoms with Crippen LogP contribution in [-0.4, -0.2) is 43.1 Å². The van der Waals surface area contributed by atoms with Gasteiger partial charge in [0.1, 0.15) is 5.54 Å². The van der Waals surface area contributed by atoms with Crippen LogP contribution in [0.15, 0.2) is 48.5 Å². The molecular weight excluding hydrogens is 468 g/mol. The molecule has 1 aliphatic carbocycles. The highest BCUT2D eigenvalue weighted by Gasteiger charge is 2.43. The molecule has 2 aromatic rings. The summed E-state index contributed by atoms with van der Waals surface area (Å²) in [6, 6.07) is 13.5. The highest BCUT2D eigenvalue weighted by atomic mass is 16.5. The predicted molar refractivity (Wildman–Crippen MR) is 147 cm³/mol. The summed E-state index contributed by atoms with van der Waals surface area (Å²) >= 11 is 0. The van der Waals surface area contributed by atoms with Crippen molar-refractivity contribution in [2.45, 2.75) is 52.5 Å². The number of ether oxygens (including phenoxy) is 1. The van der Waals surface area contributed by atoms with Gasteiger partial charge < -0.3 is 26.0 Å². The van der Waals surface area contributed by atoms with Crippen LogP contribution < -0.4 is 21.3 Å². The van der Waals surface area contributed by atoms with Crippen molar-refractivity contribution in [2.75, 3.05) is 29.9 Å². The number of hydrogen-bond acceptors (Lipinski definition) is 5. The van der Waals surface area contributed by atoms with E-state index in [-0.39, 0.29) is 18.4 Å². The zero-order valence-corrected chi connectivity index (χ0v) is 22.2. The average Bonchev–Trinajstić information content (AvgIpc) is 2.87. The SMILES string of the molecule is CCN(CC)c1ccc(NC(=O)[C@]2(NC(=O)OCC(C)C)CCc3cc(C=CC(N)=O)ccc3C2)cc1.